The molecule has 1 aromatic carbocycles. The van der Waals surface area contributed by atoms with Crippen LogP contribution < -0.4 is 4.90 Å². The van der Waals surface area contributed by atoms with Gasteiger partial charge in [-0.25, -0.2) is 9.97 Å². The third-order valence-electron chi connectivity index (χ3n) is 4.51. The molecule has 1 saturated heterocycles. The monoisotopic (exact) mass is 380 g/mol. The predicted molar refractivity (Wildman–Crippen MR) is 90.6 cm³/mol. The summed E-state index contributed by atoms with van der Waals surface area (Å²) < 4.78 is 44.9. The lowest BCUT2D eigenvalue weighted by atomic mass is 10.1. The van der Waals surface area contributed by atoms with Crippen LogP contribution in [-0.2, 0) is 9.53 Å². The molecule has 2 aromatic heterocycles. The normalized spacial score (nSPS) is 21.1. The first-order valence-electron chi connectivity index (χ1n) is 8.23. The first kappa shape index (κ1) is 17.5. The fraction of sp³-hybridized carbons (Fsp3) is 0.353. The van der Waals surface area contributed by atoms with Gasteiger partial charge in [-0.2, -0.15) is 13.2 Å². The van der Waals surface area contributed by atoms with Crippen LogP contribution in [0.3, 0.4) is 0 Å². The van der Waals surface area contributed by atoms with Crippen LogP contribution in [0.5, 0.6) is 0 Å². The first-order valence-corrected chi connectivity index (χ1v) is 8.23. The molecule has 0 radical (unpaired) electrons. The van der Waals surface area contributed by atoms with Gasteiger partial charge in [-0.3, -0.25) is 4.79 Å². The summed E-state index contributed by atoms with van der Waals surface area (Å²) >= 11 is 0. The molecule has 0 saturated carbocycles. The first-order chi connectivity index (χ1) is 12.8. The van der Waals surface area contributed by atoms with Crippen LogP contribution >= 0.6 is 0 Å². The second-order valence-corrected chi connectivity index (χ2v) is 6.38. The van der Waals surface area contributed by atoms with Crippen LogP contribution in [0.2, 0.25) is 0 Å². The van der Waals surface area contributed by atoms with Gasteiger partial charge in [0.05, 0.1) is 24.5 Å². The topological polar surface area (TPSA) is 91.3 Å². The minimum atomic E-state index is -4.61. The van der Waals surface area contributed by atoms with Gasteiger partial charge in [0, 0.05) is 17.4 Å². The smallest absolute Gasteiger partial charge is 0.416 e. The van der Waals surface area contributed by atoms with Crippen molar-refractivity contribution < 1.29 is 27.8 Å². The van der Waals surface area contributed by atoms with Crippen LogP contribution in [0.25, 0.3) is 21.9 Å². The number of alkyl halides is 3. The summed E-state index contributed by atoms with van der Waals surface area (Å²) in [4.78, 5) is 23.9. The van der Waals surface area contributed by atoms with E-state index in [1.54, 1.807) is 0 Å². The van der Waals surface area contributed by atoms with E-state index >= 15 is 0 Å². The maximum Gasteiger partial charge on any atom is 0.416 e. The number of aromatic amines is 1. The summed E-state index contributed by atoms with van der Waals surface area (Å²) in [7, 11) is 0. The molecule has 1 aliphatic rings. The van der Waals surface area contributed by atoms with E-state index in [2.05, 4.69) is 15.0 Å². The van der Waals surface area contributed by atoms with Gasteiger partial charge in [-0.1, -0.05) is 18.2 Å². The second kappa shape index (κ2) is 6.38. The van der Waals surface area contributed by atoms with Crippen molar-refractivity contribution in [1.29, 1.82) is 0 Å². The van der Waals surface area contributed by atoms with E-state index in [1.807, 2.05) is 24.3 Å². The number of carboxylic acids is 1. The van der Waals surface area contributed by atoms with Crippen molar-refractivity contribution in [3.63, 3.8) is 0 Å². The average molecular weight is 380 g/mol. The molecule has 142 valence electrons. The number of halogens is 3. The molecule has 0 amide bonds. The number of hydrogen-bond acceptors (Lipinski definition) is 5. The molecular weight excluding hydrogens is 365 g/mol. The lowest BCUT2D eigenvalue weighted by Crippen LogP contribution is -2.54. The van der Waals surface area contributed by atoms with Gasteiger partial charge < -0.3 is 19.7 Å². The highest BCUT2D eigenvalue weighted by Crippen LogP contribution is 2.35. The standard InChI is InChI=1S/C17H15F3N4O3/c18-17(19,20)12-7-24(6-9(27-12)5-13(25)26)16-14-10-3-1-2-4-11(10)23-15(14)21-8-22-16/h1-4,8-9,12H,5-7H2,(H,25,26)(H,21,22,23). The molecule has 0 aliphatic carbocycles. The molecule has 3 heterocycles. The van der Waals surface area contributed by atoms with Gasteiger partial charge in [0.25, 0.3) is 0 Å². The minimum Gasteiger partial charge on any atom is -0.481 e. The van der Waals surface area contributed by atoms with E-state index in [-0.39, 0.29) is 6.54 Å². The number of ether oxygens (including phenoxy) is 1. The lowest BCUT2D eigenvalue weighted by Gasteiger charge is -2.39. The van der Waals surface area contributed by atoms with Crippen LogP contribution in [0.4, 0.5) is 19.0 Å². The largest absolute Gasteiger partial charge is 0.481 e. The van der Waals surface area contributed by atoms with Crippen molar-refractivity contribution in [3.8, 4) is 0 Å². The maximum atomic E-state index is 13.3. The molecule has 1 fully saturated rings. The Balaban J connectivity index is 1.79. The fourth-order valence-electron chi connectivity index (χ4n) is 3.40. The quantitative estimate of drug-likeness (QED) is 0.726. The number of aromatic nitrogens is 3. The third kappa shape index (κ3) is 3.27. The molecule has 0 spiro atoms. The van der Waals surface area contributed by atoms with Gasteiger partial charge in [0.15, 0.2) is 6.10 Å². The van der Waals surface area contributed by atoms with E-state index in [4.69, 9.17) is 9.84 Å². The number of aliphatic carboxylic acids is 1. The molecule has 2 atom stereocenters. The summed E-state index contributed by atoms with van der Waals surface area (Å²) in [5.74, 6) is -0.895. The van der Waals surface area contributed by atoms with Crippen LogP contribution in [0.15, 0.2) is 30.6 Å². The lowest BCUT2D eigenvalue weighted by molar-refractivity contribution is -0.236. The highest BCUT2D eigenvalue weighted by molar-refractivity contribution is 6.11. The van der Waals surface area contributed by atoms with Crippen molar-refractivity contribution in [2.75, 3.05) is 18.0 Å². The number of nitrogens with zero attached hydrogens (tertiary/aromatic N) is 3. The molecule has 7 nitrogen and oxygen atoms in total. The number of fused-ring (bicyclic) bond motifs is 3. The molecule has 4 rings (SSSR count). The SMILES string of the molecule is O=C(O)CC1CN(c2ncnc3[nH]c4ccccc4c23)CC(C(F)(F)F)O1. The van der Waals surface area contributed by atoms with Gasteiger partial charge in [0.1, 0.15) is 17.8 Å². The Morgan fingerprint density at radius 1 is 1.30 bits per heavy atom. The van der Waals surface area contributed by atoms with Gasteiger partial charge in [-0.15, -0.1) is 0 Å². The Morgan fingerprint density at radius 2 is 2.07 bits per heavy atom. The Hall–Kier alpha value is -2.88. The number of benzene rings is 1. The zero-order valence-corrected chi connectivity index (χ0v) is 13.9. The van der Waals surface area contributed by atoms with Gasteiger partial charge in [0.2, 0.25) is 0 Å². The molecule has 2 N–H and O–H groups in total. The van der Waals surface area contributed by atoms with Crippen molar-refractivity contribution >= 4 is 33.7 Å². The number of morpholine rings is 1. The third-order valence-corrected chi connectivity index (χ3v) is 4.51. The summed E-state index contributed by atoms with van der Waals surface area (Å²) in [5.41, 5.74) is 1.29. The van der Waals surface area contributed by atoms with Gasteiger partial charge in [-0.05, 0) is 6.07 Å². The zero-order chi connectivity index (χ0) is 19.2. The van der Waals surface area contributed by atoms with Crippen molar-refractivity contribution in [1.82, 2.24) is 15.0 Å². The number of hydrogen-bond donors (Lipinski definition) is 2. The van der Waals surface area contributed by atoms with E-state index in [9.17, 15) is 18.0 Å². The van der Waals surface area contributed by atoms with E-state index in [0.29, 0.717) is 16.9 Å². The minimum absolute atomic E-state index is 0.00942. The van der Waals surface area contributed by atoms with E-state index < -0.39 is 37.3 Å². The Bertz CT molecular complexity index is 1000. The Labute approximate surface area is 150 Å². The van der Waals surface area contributed by atoms with Crippen molar-refractivity contribution in [2.24, 2.45) is 0 Å². The van der Waals surface area contributed by atoms with Crippen molar-refractivity contribution in [3.05, 3.63) is 30.6 Å². The van der Waals surface area contributed by atoms with Crippen LogP contribution in [0, 0.1) is 0 Å². The number of H-pyrrole nitrogens is 1. The van der Waals surface area contributed by atoms with E-state index in [0.717, 1.165) is 10.9 Å². The Kier molecular flexibility index (Phi) is 4.14. The number of para-hydroxylation sites is 1. The summed E-state index contributed by atoms with van der Waals surface area (Å²) in [6.07, 6.45) is -7.05. The number of anilines is 1. The average Bonchev–Trinajstić information content (AvgIpc) is 2.98. The molecule has 2 unspecified atom stereocenters. The fourth-order valence-corrected chi connectivity index (χ4v) is 3.40. The van der Waals surface area contributed by atoms with E-state index in [1.165, 1.54) is 11.2 Å². The molecule has 27 heavy (non-hydrogen) atoms. The highest BCUT2D eigenvalue weighted by Gasteiger charge is 2.46. The predicted octanol–water partition coefficient (Wildman–Crippen LogP) is 2.72. The number of carboxylic acid groups (broad SMARTS) is 1. The molecule has 3 aromatic rings. The molecular formula is C17H15F3N4O3. The second-order valence-electron chi connectivity index (χ2n) is 6.38. The zero-order valence-electron chi connectivity index (χ0n) is 13.9. The van der Waals surface area contributed by atoms with Crippen molar-refractivity contribution in [2.45, 2.75) is 24.8 Å². The molecule has 10 heteroatoms. The molecule has 0 bridgehead atoms. The van der Waals surface area contributed by atoms with Crippen LogP contribution in [0.1, 0.15) is 6.42 Å². The number of rotatable bonds is 3. The summed E-state index contributed by atoms with van der Waals surface area (Å²) in [6.45, 7) is -0.476. The number of nitrogens with one attached hydrogen (secondary N) is 1. The number of carbonyl (C=O) groups is 1. The highest BCUT2D eigenvalue weighted by atomic mass is 19.4. The summed E-state index contributed by atoms with van der Waals surface area (Å²) in [5, 5.41) is 10.4. The summed E-state index contributed by atoms with van der Waals surface area (Å²) in [6, 6.07) is 7.32. The Morgan fingerprint density at radius 3 is 2.81 bits per heavy atom. The maximum absolute atomic E-state index is 13.3. The molecule has 1 aliphatic heterocycles. The van der Waals surface area contributed by atoms with Gasteiger partial charge >= 0.3 is 12.1 Å². The van der Waals surface area contributed by atoms with Crippen LogP contribution in [-0.4, -0.2) is 57.5 Å².